The van der Waals surface area contributed by atoms with Crippen LogP contribution in [0.15, 0.2) is 42.5 Å². The largest absolute Gasteiger partial charge is 0.370 e. The van der Waals surface area contributed by atoms with Crippen LogP contribution in [-0.2, 0) is 0 Å². The van der Waals surface area contributed by atoms with Crippen LogP contribution in [0.1, 0.15) is 23.2 Å². The molecule has 1 aliphatic rings. The normalized spacial score (nSPS) is 13.6. The summed E-state index contributed by atoms with van der Waals surface area (Å²) in [5, 5.41) is 6.64. The molecule has 1 amide bonds. The maximum atomic E-state index is 12.3. The van der Waals surface area contributed by atoms with Gasteiger partial charge in [0.25, 0.3) is 5.91 Å². The zero-order valence-corrected chi connectivity index (χ0v) is 17.1. The van der Waals surface area contributed by atoms with Crippen LogP contribution in [0.4, 0.5) is 11.4 Å². The summed E-state index contributed by atoms with van der Waals surface area (Å²) >= 11 is 13.8. The van der Waals surface area contributed by atoms with Gasteiger partial charge in [0.05, 0.1) is 16.3 Å². The monoisotopic (exact) mass is 485 g/mol. The highest BCUT2D eigenvalue weighted by molar-refractivity contribution is 14.1. The first kappa shape index (κ1) is 18.4. The van der Waals surface area contributed by atoms with E-state index in [0.717, 1.165) is 28.0 Å². The van der Waals surface area contributed by atoms with E-state index in [1.54, 1.807) is 6.07 Å². The highest BCUT2D eigenvalue weighted by Gasteiger charge is 2.16. The van der Waals surface area contributed by atoms with Gasteiger partial charge >= 0.3 is 0 Å². The smallest absolute Gasteiger partial charge is 0.258 e. The average molecular weight is 486 g/mol. The molecular weight excluding hydrogens is 469 g/mol. The summed E-state index contributed by atoms with van der Waals surface area (Å²) in [7, 11) is 0. The number of halogens is 2. The SMILES string of the molecule is O=C(NC(=S)Nc1ccc(N2CCCC2)c(Cl)c1)c1ccccc1I. The van der Waals surface area contributed by atoms with Gasteiger partial charge in [-0.15, -0.1) is 0 Å². The van der Waals surface area contributed by atoms with Crippen molar-refractivity contribution < 1.29 is 4.79 Å². The van der Waals surface area contributed by atoms with Crippen molar-refractivity contribution in [2.45, 2.75) is 12.8 Å². The van der Waals surface area contributed by atoms with Crippen LogP contribution < -0.4 is 15.5 Å². The van der Waals surface area contributed by atoms with Crippen LogP contribution in [0, 0.1) is 3.57 Å². The Labute approximate surface area is 171 Å². The Bertz CT molecular complexity index is 809. The first-order chi connectivity index (χ1) is 12.0. The number of carbonyl (C=O) groups excluding carboxylic acids is 1. The molecule has 2 aromatic carbocycles. The van der Waals surface area contributed by atoms with Crippen LogP contribution in [0.25, 0.3) is 0 Å². The molecule has 0 bridgehead atoms. The lowest BCUT2D eigenvalue weighted by Crippen LogP contribution is -2.34. The number of carbonyl (C=O) groups is 1. The molecule has 1 fully saturated rings. The number of hydrogen-bond donors (Lipinski definition) is 2. The van der Waals surface area contributed by atoms with E-state index in [2.05, 4.69) is 38.1 Å². The van der Waals surface area contributed by atoms with Crippen LogP contribution in [0.3, 0.4) is 0 Å². The maximum Gasteiger partial charge on any atom is 0.258 e. The van der Waals surface area contributed by atoms with Crippen molar-refractivity contribution in [3.63, 3.8) is 0 Å². The lowest BCUT2D eigenvalue weighted by atomic mass is 10.2. The molecule has 3 rings (SSSR count). The molecule has 4 nitrogen and oxygen atoms in total. The van der Waals surface area contributed by atoms with Crippen molar-refractivity contribution in [3.05, 3.63) is 56.6 Å². The topological polar surface area (TPSA) is 44.4 Å². The standard InChI is InChI=1S/C18H17ClIN3OS/c19-14-11-12(7-8-16(14)23-9-3-4-10-23)21-18(25)22-17(24)13-5-1-2-6-15(13)20/h1-2,5-8,11H,3-4,9-10H2,(H2,21,22,24,25). The molecular formula is C18H17ClIN3OS. The Balaban J connectivity index is 1.64. The van der Waals surface area contributed by atoms with E-state index in [1.807, 2.05) is 36.4 Å². The first-order valence-electron chi connectivity index (χ1n) is 7.96. The number of benzene rings is 2. The molecule has 130 valence electrons. The number of rotatable bonds is 3. The quantitative estimate of drug-likeness (QED) is 0.490. The zero-order chi connectivity index (χ0) is 17.8. The minimum absolute atomic E-state index is 0.234. The molecule has 1 saturated heterocycles. The second kappa shape index (κ2) is 8.33. The van der Waals surface area contributed by atoms with Gasteiger partial charge in [-0.2, -0.15) is 0 Å². The number of nitrogens with one attached hydrogen (secondary N) is 2. The van der Waals surface area contributed by atoms with Gasteiger partial charge < -0.3 is 10.2 Å². The average Bonchev–Trinajstić information content (AvgIpc) is 3.09. The Hall–Kier alpha value is -1.38. The number of thiocarbonyl (C=S) groups is 1. The van der Waals surface area contributed by atoms with Crippen LogP contribution >= 0.6 is 46.4 Å². The number of anilines is 2. The second-order valence-corrected chi connectivity index (χ2v) is 7.73. The summed E-state index contributed by atoms with van der Waals surface area (Å²) in [6, 6.07) is 13.1. The Morgan fingerprint density at radius 1 is 1.16 bits per heavy atom. The molecule has 1 aliphatic heterocycles. The minimum atomic E-state index is -0.234. The number of amides is 1. The van der Waals surface area contributed by atoms with Gasteiger partial charge in [-0.05, 0) is 78.0 Å². The molecule has 2 N–H and O–H groups in total. The van der Waals surface area contributed by atoms with Crippen molar-refractivity contribution in [1.82, 2.24) is 5.32 Å². The van der Waals surface area contributed by atoms with E-state index < -0.39 is 0 Å². The third kappa shape index (κ3) is 4.62. The summed E-state index contributed by atoms with van der Waals surface area (Å²) < 4.78 is 0.874. The van der Waals surface area contributed by atoms with Crippen LogP contribution in [-0.4, -0.2) is 24.1 Å². The van der Waals surface area contributed by atoms with Crippen molar-refractivity contribution in [3.8, 4) is 0 Å². The van der Waals surface area contributed by atoms with Gasteiger partial charge in [-0.1, -0.05) is 23.7 Å². The molecule has 0 atom stereocenters. The fraction of sp³-hybridized carbons (Fsp3) is 0.222. The second-order valence-electron chi connectivity index (χ2n) is 5.75. The zero-order valence-electron chi connectivity index (χ0n) is 13.4. The molecule has 0 spiro atoms. The first-order valence-corrected chi connectivity index (χ1v) is 9.82. The molecule has 0 radical (unpaired) electrons. The van der Waals surface area contributed by atoms with E-state index in [-0.39, 0.29) is 11.0 Å². The summed E-state index contributed by atoms with van der Waals surface area (Å²) in [4.78, 5) is 14.6. The summed E-state index contributed by atoms with van der Waals surface area (Å²) in [5.41, 5.74) is 2.38. The number of hydrogen-bond acceptors (Lipinski definition) is 3. The third-order valence-corrected chi connectivity index (χ3v) is 5.45. The predicted molar refractivity (Wildman–Crippen MR) is 116 cm³/mol. The van der Waals surface area contributed by atoms with E-state index in [0.29, 0.717) is 10.6 Å². The number of nitrogens with zero attached hydrogens (tertiary/aromatic N) is 1. The Kier molecular flexibility index (Phi) is 6.14. The van der Waals surface area contributed by atoms with Crippen LogP contribution in [0.2, 0.25) is 5.02 Å². The maximum absolute atomic E-state index is 12.3. The van der Waals surface area contributed by atoms with Crippen molar-refractivity contribution >= 4 is 68.8 Å². The van der Waals surface area contributed by atoms with Gasteiger partial charge in [-0.25, -0.2) is 0 Å². The molecule has 25 heavy (non-hydrogen) atoms. The molecule has 7 heteroatoms. The van der Waals surface area contributed by atoms with Gasteiger partial charge in [0.15, 0.2) is 5.11 Å². The van der Waals surface area contributed by atoms with E-state index in [4.69, 9.17) is 23.8 Å². The molecule has 0 aromatic heterocycles. The Morgan fingerprint density at radius 2 is 1.88 bits per heavy atom. The highest BCUT2D eigenvalue weighted by Crippen LogP contribution is 2.31. The molecule has 0 saturated carbocycles. The van der Waals surface area contributed by atoms with Gasteiger partial charge in [-0.3, -0.25) is 10.1 Å². The lowest BCUT2D eigenvalue weighted by Gasteiger charge is -2.20. The van der Waals surface area contributed by atoms with Crippen molar-refractivity contribution in [2.75, 3.05) is 23.3 Å². The van der Waals surface area contributed by atoms with E-state index >= 15 is 0 Å². The molecule has 1 heterocycles. The summed E-state index contributed by atoms with van der Waals surface area (Å²) in [6.07, 6.45) is 2.40. The van der Waals surface area contributed by atoms with Crippen molar-refractivity contribution in [2.24, 2.45) is 0 Å². The van der Waals surface area contributed by atoms with E-state index in [1.165, 1.54) is 12.8 Å². The van der Waals surface area contributed by atoms with E-state index in [9.17, 15) is 4.79 Å². The van der Waals surface area contributed by atoms with Gasteiger partial charge in [0, 0.05) is 22.3 Å². The molecule has 0 aliphatic carbocycles. The predicted octanol–water partition coefficient (Wildman–Crippen LogP) is 4.67. The lowest BCUT2D eigenvalue weighted by molar-refractivity contribution is 0.0977. The summed E-state index contributed by atoms with van der Waals surface area (Å²) in [6.45, 7) is 2.08. The fourth-order valence-electron chi connectivity index (χ4n) is 2.78. The highest BCUT2D eigenvalue weighted by atomic mass is 127. The fourth-order valence-corrected chi connectivity index (χ4v) is 3.92. The van der Waals surface area contributed by atoms with Gasteiger partial charge in [0.2, 0.25) is 0 Å². The molecule has 0 unspecified atom stereocenters. The van der Waals surface area contributed by atoms with Crippen LogP contribution in [0.5, 0.6) is 0 Å². The van der Waals surface area contributed by atoms with Gasteiger partial charge in [0.1, 0.15) is 0 Å². The minimum Gasteiger partial charge on any atom is -0.370 e. The van der Waals surface area contributed by atoms with Crippen molar-refractivity contribution in [1.29, 1.82) is 0 Å². The molecule has 2 aromatic rings. The summed E-state index contributed by atoms with van der Waals surface area (Å²) in [5.74, 6) is -0.234. The third-order valence-electron chi connectivity index (χ3n) is 4.00. The Morgan fingerprint density at radius 3 is 2.56 bits per heavy atom.